The Bertz CT molecular complexity index is 585. The van der Waals surface area contributed by atoms with Crippen LogP contribution in [-0.2, 0) is 6.54 Å². The molecular formula is C14H19N5. The number of hydrogen-bond donors (Lipinski definition) is 1. The fourth-order valence-corrected chi connectivity index (χ4v) is 2.49. The number of anilines is 1. The van der Waals surface area contributed by atoms with Gasteiger partial charge in [-0.15, -0.1) is 5.10 Å². The van der Waals surface area contributed by atoms with Crippen molar-refractivity contribution in [1.82, 2.24) is 20.2 Å². The third kappa shape index (κ3) is 2.45. The molecule has 1 aliphatic rings. The predicted octanol–water partition coefficient (Wildman–Crippen LogP) is 2.28. The Morgan fingerprint density at radius 2 is 2.21 bits per heavy atom. The second kappa shape index (κ2) is 4.64. The van der Waals surface area contributed by atoms with E-state index < -0.39 is 0 Å². The highest BCUT2D eigenvalue weighted by molar-refractivity contribution is 5.65. The normalized spacial score (nSPS) is 16.5. The minimum atomic E-state index is 0.628. The molecule has 3 rings (SSSR count). The zero-order valence-corrected chi connectivity index (χ0v) is 11.4. The first-order valence-corrected chi connectivity index (χ1v) is 6.78. The van der Waals surface area contributed by atoms with Crippen molar-refractivity contribution < 1.29 is 0 Å². The van der Waals surface area contributed by atoms with Gasteiger partial charge in [0.15, 0.2) is 5.82 Å². The Kier molecular flexibility index (Phi) is 2.97. The molecule has 19 heavy (non-hydrogen) atoms. The maximum atomic E-state index is 5.87. The summed E-state index contributed by atoms with van der Waals surface area (Å²) in [4.78, 5) is 0. The lowest BCUT2D eigenvalue weighted by Crippen LogP contribution is -2.12. The van der Waals surface area contributed by atoms with Crippen LogP contribution in [0.3, 0.4) is 0 Å². The average molecular weight is 257 g/mol. The van der Waals surface area contributed by atoms with Crippen LogP contribution in [0.15, 0.2) is 18.2 Å². The van der Waals surface area contributed by atoms with Crippen LogP contribution in [0.5, 0.6) is 0 Å². The first-order valence-electron chi connectivity index (χ1n) is 6.78. The summed E-state index contributed by atoms with van der Waals surface area (Å²) in [6, 6.07) is 5.85. The molecular weight excluding hydrogens is 238 g/mol. The zero-order chi connectivity index (χ0) is 13.4. The SMILES string of the molecule is Cc1ccc(N)cc1-c1nnnn1CC(C)C1CC1. The fourth-order valence-electron chi connectivity index (χ4n) is 2.49. The third-order valence-corrected chi connectivity index (χ3v) is 3.92. The van der Waals surface area contributed by atoms with Gasteiger partial charge in [0.05, 0.1) is 0 Å². The molecule has 0 amide bonds. The summed E-state index contributed by atoms with van der Waals surface area (Å²) in [6.45, 7) is 5.20. The summed E-state index contributed by atoms with van der Waals surface area (Å²) in [5, 5.41) is 12.1. The van der Waals surface area contributed by atoms with Crippen LogP contribution in [0.4, 0.5) is 5.69 Å². The quantitative estimate of drug-likeness (QED) is 0.853. The number of aromatic nitrogens is 4. The molecule has 1 unspecified atom stereocenters. The van der Waals surface area contributed by atoms with Crippen LogP contribution < -0.4 is 5.73 Å². The number of tetrazole rings is 1. The minimum absolute atomic E-state index is 0.628. The van der Waals surface area contributed by atoms with E-state index in [4.69, 9.17) is 5.73 Å². The number of nitrogen functional groups attached to an aromatic ring is 1. The molecule has 2 N–H and O–H groups in total. The molecule has 1 aromatic carbocycles. The highest BCUT2D eigenvalue weighted by Crippen LogP contribution is 2.37. The lowest BCUT2D eigenvalue weighted by molar-refractivity contribution is 0.402. The summed E-state index contributed by atoms with van der Waals surface area (Å²) in [7, 11) is 0. The fraction of sp³-hybridized carbons (Fsp3) is 0.500. The van der Waals surface area contributed by atoms with Crippen molar-refractivity contribution in [1.29, 1.82) is 0 Å². The molecule has 1 saturated carbocycles. The maximum absolute atomic E-state index is 5.87. The number of aryl methyl sites for hydroxylation is 1. The summed E-state index contributed by atoms with van der Waals surface area (Å²) in [5.41, 5.74) is 8.77. The van der Waals surface area contributed by atoms with Crippen molar-refractivity contribution >= 4 is 5.69 Å². The highest BCUT2D eigenvalue weighted by Gasteiger charge is 2.29. The standard InChI is InChI=1S/C14H19N5/c1-9-3-6-12(15)7-13(9)14-16-17-18-19(14)8-10(2)11-4-5-11/h3,6-7,10-11H,4-5,8,15H2,1-2H3. The van der Waals surface area contributed by atoms with E-state index in [1.54, 1.807) is 0 Å². The van der Waals surface area contributed by atoms with E-state index in [0.29, 0.717) is 5.92 Å². The van der Waals surface area contributed by atoms with Crippen molar-refractivity contribution in [3.05, 3.63) is 23.8 Å². The molecule has 5 heteroatoms. The molecule has 1 aliphatic carbocycles. The van der Waals surface area contributed by atoms with Gasteiger partial charge < -0.3 is 5.73 Å². The topological polar surface area (TPSA) is 69.6 Å². The van der Waals surface area contributed by atoms with Crippen LogP contribution in [0.25, 0.3) is 11.4 Å². The molecule has 2 aromatic rings. The molecule has 1 fully saturated rings. The Morgan fingerprint density at radius 3 is 2.95 bits per heavy atom. The molecule has 1 heterocycles. The number of benzene rings is 1. The highest BCUT2D eigenvalue weighted by atomic mass is 15.5. The lowest BCUT2D eigenvalue weighted by Gasteiger charge is -2.12. The van der Waals surface area contributed by atoms with Crippen molar-refractivity contribution in [2.45, 2.75) is 33.2 Å². The molecule has 0 spiro atoms. The molecule has 0 radical (unpaired) electrons. The van der Waals surface area contributed by atoms with Crippen LogP contribution >= 0.6 is 0 Å². The van der Waals surface area contributed by atoms with Gasteiger partial charge >= 0.3 is 0 Å². The third-order valence-electron chi connectivity index (χ3n) is 3.92. The van der Waals surface area contributed by atoms with E-state index in [9.17, 15) is 0 Å². The summed E-state index contributed by atoms with van der Waals surface area (Å²) in [6.07, 6.45) is 2.69. The number of hydrogen-bond acceptors (Lipinski definition) is 4. The Labute approximate surface area is 112 Å². The van der Waals surface area contributed by atoms with Gasteiger partial charge in [0.25, 0.3) is 0 Å². The van der Waals surface area contributed by atoms with Crippen molar-refractivity contribution in [3.63, 3.8) is 0 Å². The largest absolute Gasteiger partial charge is 0.399 e. The maximum Gasteiger partial charge on any atom is 0.182 e. The van der Waals surface area contributed by atoms with Crippen LogP contribution in [0.2, 0.25) is 0 Å². The van der Waals surface area contributed by atoms with E-state index >= 15 is 0 Å². The van der Waals surface area contributed by atoms with Gasteiger partial charge in [-0.25, -0.2) is 4.68 Å². The molecule has 0 aliphatic heterocycles. The summed E-state index contributed by atoms with van der Waals surface area (Å²) in [5.74, 6) is 2.29. The number of nitrogens with two attached hydrogens (primary N) is 1. The van der Waals surface area contributed by atoms with Crippen LogP contribution in [0.1, 0.15) is 25.3 Å². The molecule has 0 saturated heterocycles. The predicted molar refractivity (Wildman–Crippen MR) is 74.3 cm³/mol. The van der Waals surface area contributed by atoms with Gasteiger partial charge in [-0.1, -0.05) is 13.0 Å². The van der Waals surface area contributed by atoms with E-state index in [1.807, 2.05) is 22.9 Å². The Balaban J connectivity index is 1.92. The van der Waals surface area contributed by atoms with Gasteiger partial charge in [0.1, 0.15) is 0 Å². The second-order valence-electron chi connectivity index (χ2n) is 5.57. The van der Waals surface area contributed by atoms with Gasteiger partial charge in [-0.3, -0.25) is 0 Å². The Morgan fingerprint density at radius 1 is 1.42 bits per heavy atom. The second-order valence-corrected chi connectivity index (χ2v) is 5.57. The van der Waals surface area contributed by atoms with Crippen molar-refractivity contribution in [3.8, 4) is 11.4 Å². The van der Waals surface area contributed by atoms with E-state index in [2.05, 4.69) is 29.4 Å². The van der Waals surface area contributed by atoms with E-state index in [1.165, 1.54) is 12.8 Å². The molecule has 5 nitrogen and oxygen atoms in total. The van der Waals surface area contributed by atoms with Gasteiger partial charge in [-0.05, 0) is 59.7 Å². The monoisotopic (exact) mass is 257 g/mol. The van der Waals surface area contributed by atoms with Gasteiger partial charge in [-0.2, -0.15) is 0 Å². The van der Waals surface area contributed by atoms with Crippen LogP contribution in [0, 0.1) is 18.8 Å². The molecule has 0 bridgehead atoms. The summed E-state index contributed by atoms with van der Waals surface area (Å²) < 4.78 is 1.91. The van der Waals surface area contributed by atoms with Crippen LogP contribution in [-0.4, -0.2) is 20.2 Å². The van der Waals surface area contributed by atoms with Crippen molar-refractivity contribution in [2.24, 2.45) is 11.8 Å². The summed E-state index contributed by atoms with van der Waals surface area (Å²) >= 11 is 0. The molecule has 1 atom stereocenters. The van der Waals surface area contributed by atoms with E-state index in [-0.39, 0.29) is 0 Å². The van der Waals surface area contributed by atoms with E-state index in [0.717, 1.165) is 35.1 Å². The minimum Gasteiger partial charge on any atom is -0.399 e. The average Bonchev–Trinajstić information content (AvgIpc) is 3.14. The number of rotatable bonds is 4. The molecule has 1 aromatic heterocycles. The van der Waals surface area contributed by atoms with Gasteiger partial charge in [0, 0.05) is 17.8 Å². The zero-order valence-electron chi connectivity index (χ0n) is 11.4. The lowest BCUT2D eigenvalue weighted by atomic mass is 10.1. The first kappa shape index (κ1) is 12.1. The van der Waals surface area contributed by atoms with Gasteiger partial charge in [0.2, 0.25) is 0 Å². The number of nitrogens with zero attached hydrogens (tertiary/aromatic N) is 4. The smallest absolute Gasteiger partial charge is 0.182 e. The Hall–Kier alpha value is -1.91. The first-order chi connectivity index (χ1) is 9.15. The van der Waals surface area contributed by atoms with Crippen molar-refractivity contribution in [2.75, 3.05) is 5.73 Å². The molecule has 100 valence electrons.